The smallest absolute Gasteiger partial charge is 0.389 e. The second kappa shape index (κ2) is 7.13. The minimum absolute atomic E-state index is 0.165. The molecule has 0 aromatic heterocycles. The molecule has 6 heteroatoms. The zero-order chi connectivity index (χ0) is 13.5. The van der Waals surface area contributed by atoms with Gasteiger partial charge in [0.05, 0.1) is 0 Å². The standard InChI is InChI=1S/C11H19F3O2S/c1-9(15)16-10(2,3)17-8-6-4-5-7-11(12,13)14/h4-8H2,1-3H3. The van der Waals surface area contributed by atoms with Gasteiger partial charge in [-0.25, -0.2) is 0 Å². The van der Waals surface area contributed by atoms with Crippen LogP contribution in [-0.4, -0.2) is 22.8 Å². The largest absolute Gasteiger partial charge is 0.449 e. The van der Waals surface area contributed by atoms with Crippen LogP contribution < -0.4 is 0 Å². The molecular formula is C11H19F3O2S. The van der Waals surface area contributed by atoms with Crippen LogP contribution in [0.2, 0.25) is 0 Å². The van der Waals surface area contributed by atoms with Gasteiger partial charge in [-0.1, -0.05) is 6.42 Å². The van der Waals surface area contributed by atoms with Gasteiger partial charge in [0.2, 0.25) is 0 Å². The van der Waals surface area contributed by atoms with Gasteiger partial charge in [-0.2, -0.15) is 13.2 Å². The second-order valence-corrected chi connectivity index (χ2v) is 5.95. The molecular weight excluding hydrogens is 253 g/mol. The minimum atomic E-state index is -4.05. The molecule has 0 bridgehead atoms. The molecule has 0 saturated carbocycles. The number of ether oxygens (including phenoxy) is 1. The van der Waals surface area contributed by atoms with Gasteiger partial charge in [0.1, 0.15) is 0 Å². The Morgan fingerprint density at radius 2 is 1.76 bits per heavy atom. The van der Waals surface area contributed by atoms with E-state index in [0.717, 1.165) is 0 Å². The van der Waals surface area contributed by atoms with Crippen LogP contribution in [-0.2, 0) is 9.53 Å². The quantitative estimate of drug-likeness (QED) is 0.396. The zero-order valence-electron chi connectivity index (χ0n) is 10.4. The molecule has 0 aliphatic carbocycles. The third kappa shape index (κ3) is 11.9. The molecule has 0 saturated heterocycles. The number of thioether (sulfide) groups is 1. The topological polar surface area (TPSA) is 26.3 Å². The van der Waals surface area contributed by atoms with E-state index in [-0.39, 0.29) is 12.4 Å². The summed E-state index contributed by atoms with van der Waals surface area (Å²) < 4.78 is 40.5. The number of esters is 1. The van der Waals surface area contributed by atoms with Crippen LogP contribution in [0.15, 0.2) is 0 Å². The van der Waals surface area contributed by atoms with E-state index in [1.165, 1.54) is 18.7 Å². The van der Waals surface area contributed by atoms with Crippen LogP contribution in [0.4, 0.5) is 13.2 Å². The van der Waals surface area contributed by atoms with E-state index < -0.39 is 17.5 Å². The van der Waals surface area contributed by atoms with Crippen molar-refractivity contribution in [1.29, 1.82) is 0 Å². The summed E-state index contributed by atoms with van der Waals surface area (Å²) >= 11 is 1.44. The molecule has 2 nitrogen and oxygen atoms in total. The lowest BCUT2D eigenvalue weighted by Crippen LogP contribution is -2.23. The summed E-state index contributed by atoms with van der Waals surface area (Å²) in [5.74, 6) is 0.345. The highest BCUT2D eigenvalue weighted by Crippen LogP contribution is 2.28. The Kier molecular flexibility index (Phi) is 6.97. The van der Waals surface area contributed by atoms with Gasteiger partial charge in [-0.15, -0.1) is 11.8 Å². The SMILES string of the molecule is CC(=O)OC(C)(C)SCCCCCC(F)(F)F. The summed E-state index contributed by atoms with van der Waals surface area (Å²) in [6.45, 7) is 4.88. The molecule has 0 aromatic rings. The monoisotopic (exact) mass is 272 g/mol. The second-order valence-electron chi connectivity index (χ2n) is 4.27. The van der Waals surface area contributed by atoms with E-state index in [9.17, 15) is 18.0 Å². The molecule has 0 spiro atoms. The number of alkyl halides is 3. The number of rotatable bonds is 7. The Morgan fingerprint density at radius 1 is 1.18 bits per heavy atom. The van der Waals surface area contributed by atoms with E-state index in [1.54, 1.807) is 13.8 Å². The summed E-state index contributed by atoms with van der Waals surface area (Å²) in [7, 11) is 0. The molecule has 0 rings (SSSR count). The molecule has 102 valence electrons. The summed E-state index contributed by atoms with van der Waals surface area (Å²) in [5.41, 5.74) is 0. The van der Waals surface area contributed by atoms with Crippen molar-refractivity contribution in [3.05, 3.63) is 0 Å². The minimum Gasteiger partial charge on any atom is -0.449 e. The van der Waals surface area contributed by atoms with Crippen LogP contribution in [0.1, 0.15) is 46.5 Å². The first-order chi connectivity index (χ1) is 7.62. The summed E-state index contributed by atoms with van der Waals surface area (Å²) in [5, 5.41) is 0. The van der Waals surface area contributed by atoms with E-state index >= 15 is 0 Å². The van der Waals surface area contributed by atoms with Gasteiger partial charge in [-0.3, -0.25) is 4.79 Å². The lowest BCUT2D eigenvalue weighted by atomic mass is 10.2. The van der Waals surface area contributed by atoms with Crippen molar-refractivity contribution in [3.8, 4) is 0 Å². The molecule has 0 aromatic carbocycles. The number of carbonyl (C=O) groups excluding carboxylic acids is 1. The third-order valence-corrected chi connectivity index (χ3v) is 3.22. The highest BCUT2D eigenvalue weighted by atomic mass is 32.2. The van der Waals surface area contributed by atoms with Gasteiger partial charge < -0.3 is 4.74 Å². The average Bonchev–Trinajstić information content (AvgIpc) is 2.06. The van der Waals surface area contributed by atoms with Crippen LogP contribution in [0.5, 0.6) is 0 Å². The lowest BCUT2D eigenvalue weighted by molar-refractivity contribution is -0.146. The molecule has 0 aliphatic heterocycles. The fourth-order valence-electron chi connectivity index (χ4n) is 1.30. The van der Waals surface area contributed by atoms with Gasteiger partial charge in [-0.05, 0) is 32.4 Å². The summed E-state index contributed by atoms with van der Waals surface area (Å²) in [4.78, 5) is 10.1. The lowest BCUT2D eigenvalue weighted by Gasteiger charge is -2.23. The Labute approximate surface area is 104 Å². The van der Waals surface area contributed by atoms with E-state index in [4.69, 9.17) is 4.74 Å². The van der Waals surface area contributed by atoms with E-state index in [0.29, 0.717) is 18.6 Å². The van der Waals surface area contributed by atoms with Crippen molar-refractivity contribution < 1.29 is 22.7 Å². The highest BCUT2D eigenvalue weighted by molar-refractivity contribution is 8.00. The normalized spacial score (nSPS) is 12.6. The maximum absolute atomic E-state index is 11.8. The predicted octanol–water partition coefficient (Wildman–Crippen LogP) is 4.14. The molecule has 0 atom stereocenters. The Bertz CT molecular complexity index is 239. The number of hydrogen-bond donors (Lipinski definition) is 0. The molecule has 0 radical (unpaired) electrons. The van der Waals surface area contributed by atoms with Crippen LogP contribution in [0.3, 0.4) is 0 Å². The number of halogens is 3. The number of carbonyl (C=O) groups is 1. The fourth-order valence-corrected chi connectivity index (χ4v) is 2.31. The Hall–Kier alpha value is -0.390. The average molecular weight is 272 g/mol. The van der Waals surface area contributed by atoms with Gasteiger partial charge in [0, 0.05) is 13.3 Å². The third-order valence-electron chi connectivity index (χ3n) is 1.94. The Morgan fingerprint density at radius 3 is 2.24 bits per heavy atom. The van der Waals surface area contributed by atoms with E-state index in [2.05, 4.69) is 0 Å². The molecule has 0 fully saturated rings. The zero-order valence-corrected chi connectivity index (χ0v) is 11.2. The summed E-state index contributed by atoms with van der Waals surface area (Å²) in [6.07, 6.45) is -3.36. The van der Waals surface area contributed by atoms with Crippen molar-refractivity contribution in [2.24, 2.45) is 0 Å². The number of unbranched alkanes of at least 4 members (excludes halogenated alkanes) is 2. The Balaban J connectivity index is 3.54. The first-order valence-corrected chi connectivity index (χ1v) is 6.51. The van der Waals surface area contributed by atoms with Crippen LogP contribution >= 0.6 is 11.8 Å². The molecule has 0 unspecified atom stereocenters. The van der Waals surface area contributed by atoms with Gasteiger partial charge >= 0.3 is 12.1 Å². The molecule has 0 heterocycles. The van der Waals surface area contributed by atoms with Crippen molar-refractivity contribution in [3.63, 3.8) is 0 Å². The number of hydrogen-bond acceptors (Lipinski definition) is 3. The van der Waals surface area contributed by atoms with Gasteiger partial charge in [0.25, 0.3) is 0 Å². The maximum Gasteiger partial charge on any atom is 0.389 e. The van der Waals surface area contributed by atoms with Crippen molar-refractivity contribution in [2.75, 3.05) is 5.75 Å². The molecule has 17 heavy (non-hydrogen) atoms. The van der Waals surface area contributed by atoms with Crippen LogP contribution in [0.25, 0.3) is 0 Å². The first kappa shape index (κ1) is 16.6. The van der Waals surface area contributed by atoms with Crippen molar-refractivity contribution >= 4 is 17.7 Å². The van der Waals surface area contributed by atoms with Crippen LogP contribution in [0, 0.1) is 0 Å². The maximum atomic E-state index is 11.8. The highest BCUT2D eigenvalue weighted by Gasteiger charge is 2.26. The predicted molar refractivity (Wildman–Crippen MR) is 62.8 cm³/mol. The molecule has 0 amide bonds. The van der Waals surface area contributed by atoms with Crippen molar-refractivity contribution in [1.82, 2.24) is 0 Å². The van der Waals surface area contributed by atoms with Gasteiger partial charge in [0.15, 0.2) is 4.93 Å². The fraction of sp³-hybridized carbons (Fsp3) is 0.909. The molecule has 0 aliphatic rings. The van der Waals surface area contributed by atoms with E-state index in [1.807, 2.05) is 0 Å². The first-order valence-electron chi connectivity index (χ1n) is 5.53. The summed E-state index contributed by atoms with van der Waals surface area (Å²) in [6, 6.07) is 0. The molecule has 0 N–H and O–H groups in total. The van der Waals surface area contributed by atoms with Crippen molar-refractivity contribution in [2.45, 2.75) is 57.6 Å².